The van der Waals surface area contributed by atoms with Crippen LogP contribution in [-0.2, 0) is 11.2 Å². The van der Waals surface area contributed by atoms with E-state index in [0.29, 0.717) is 11.8 Å². The van der Waals surface area contributed by atoms with Gasteiger partial charge in [0.2, 0.25) is 5.91 Å². The quantitative estimate of drug-likeness (QED) is 0.930. The number of amides is 1. The number of aryl methyl sites for hydroxylation is 1. The van der Waals surface area contributed by atoms with E-state index in [1.807, 2.05) is 0 Å². The maximum absolute atomic E-state index is 12.8. The van der Waals surface area contributed by atoms with Gasteiger partial charge in [-0.15, -0.1) is 0 Å². The number of carbonyl (C=O) groups is 1. The maximum Gasteiger partial charge on any atom is 0.225 e. The molecule has 1 aliphatic carbocycles. The number of likely N-dealkylation sites (tertiary alicyclic amines) is 1. The van der Waals surface area contributed by atoms with Crippen molar-refractivity contribution in [2.45, 2.75) is 57.9 Å². The van der Waals surface area contributed by atoms with Crippen molar-refractivity contribution < 1.29 is 4.79 Å². The van der Waals surface area contributed by atoms with Crippen LogP contribution in [-0.4, -0.2) is 29.9 Å². The molecule has 1 saturated carbocycles. The lowest BCUT2D eigenvalue weighted by Gasteiger charge is -2.38. The summed E-state index contributed by atoms with van der Waals surface area (Å²) in [6, 6.07) is 8.89. The van der Waals surface area contributed by atoms with E-state index in [4.69, 9.17) is 5.73 Å². The topological polar surface area (TPSA) is 46.3 Å². The molecule has 3 rings (SSSR count). The molecule has 0 bridgehead atoms. The molecule has 23 heavy (non-hydrogen) atoms. The number of rotatable bonds is 3. The van der Waals surface area contributed by atoms with E-state index in [0.717, 1.165) is 38.8 Å². The van der Waals surface area contributed by atoms with Gasteiger partial charge in [-0.25, -0.2) is 0 Å². The van der Waals surface area contributed by atoms with Crippen LogP contribution in [0.3, 0.4) is 0 Å². The minimum absolute atomic E-state index is 0.131. The van der Waals surface area contributed by atoms with E-state index < -0.39 is 0 Å². The van der Waals surface area contributed by atoms with Crippen molar-refractivity contribution in [1.29, 1.82) is 0 Å². The largest absolute Gasteiger partial charge is 0.341 e. The van der Waals surface area contributed by atoms with Crippen LogP contribution in [0.15, 0.2) is 24.3 Å². The van der Waals surface area contributed by atoms with Crippen LogP contribution in [0.5, 0.6) is 0 Å². The average Bonchev–Trinajstić information content (AvgIpc) is 2.56. The second-order valence-corrected chi connectivity index (χ2v) is 7.63. The zero-order valence-corrected chi connectivity index (χ0v) is 14.3. The SMILES string of the molecule is Cc1ccc(CC2CC(N)CN(C(=O)C3CCCCC3)C2)cc1. The smallest absolute Gasteiger partial charge is 0.225 e. The first-order chi connectivity index (χ1) is 11.1. The zero-order valence-electron chi connectivity index (χ0n) is 14.3. The van der Waals surface area contributed by atoms with Crippen molar-refractivity contribution in [1.82, 2.24) is 4.90 Å². The molecule has 1 saturated heterocycles. The molecular formula is C20H30N2O. The summed E-state index contributed by atoms with van der Waals surface area (Å²) < 4.78 is 0. The molecular weight excluding hydrogens is 284 g/mol. The molecule has 2 N–H and O–H groups in total. The first-order valence-corrected chi connectivity index (χ1v) is 9.21. The number of hydrogen-bond acceptors (Lipinski definition) is 2. The highest BCUT2D eigenvalue weighted by molar-refractivity contribution is 5.79. The summed E-state index contributed by atoms with van der Waals surface area (Å²) in [5.74, 6) is 1.12. The molecule has 2 unspecified atom stereocenters. The second kappa shape index (κ2) is 7.48. The molecule has 0 spiro atoms. The molecule has 2 aliphatic rings. The van der Waals surface area contributed by atoms with Gasteiger partial charge in [-0.3, -0.25) is 4.79 Å². The van der Waals surface area contributed by atoms with Gasteiger partial charge in [0.15, 0.2) is 0 Å². The van der Waals surface area contributed by atoms with Gasteiger partial charge < -0.3 is 10.6 Å². The molecule has 1 aromatic rings. The van der Waals surface area contributed by atoms with Crippen molar-refractivity contribution >= 4 is 5.91 Å². The fourth-order valence-electron chi connectivity index (χ4n) is 4.24. The van der Waals surface area contributed by atoms with Gasteiger partial charge in [-0.05, 0) is 44.1 Å². The second-order valence-electron chi connectivity index (χ2n) is 7.63. The predicted molar refractivity (Wildman–Crippen MR) is 94.1 cm³/mol. The molecule has 126 valence electrons. The summed E-state index contributed by atoms with van der Waals surface area (Å²) in [7, 11) is 0. The number of carbonyl (C=O) groups excluding carboxylic acids is 1. The van der Waals surface area contributed by atoms with Crippen LogP contribution in [0, 0.1) is 18.8 Å². The predicted octanol–water partition coefficient (Wildman–Crippen LogP) is 3.29. The molecule has 1 aromatic carbocycles. The van der Waals surface area contributed by atoms with Crippen LogP contribution < -0.4 is 5.73 Å². The summed E-state index contributed by atoms with van der Waals surface area (Å²) in [5.41, 5.74) is 8.92. The van der Waals surface area contributed by atoms with E-state index in [2.05, 4.69) is 36.1 Å². The zero-order chi connectivity index (χ0) is 16.2. The Morgan fingerprint density at radius 3 is 2.52 bits per heavy atom. The molecule has 3 nitrogen and oxygen atoms in total. The Morgan fingerprint density at radius 2 is 1.83 bits per heavy atom. The van der Waals surface area contributed by atoms with Crippen molar-refractivity contribution in [2.24, 2.45) is 17.6 Å². The first-order valence-electron chi connectivity index (χ1n) is 9.21. The summed E-state index contributed by atoms with van der Waals surface area (Å²) in [6.07, 6.45) is 7.93. The number of benzene rings is 1. The lowest BCUT2D eigenvalue weighted by Crippen LogP contribution is -2.51. The van der Waals surface area contributed by atoms with Crippen LogP contribution in [0.1, 0.15) is 49.7 Å². The summed E-state index contributed by atoms with van der Waals surface area (Å²) in [4.78, 5) is 14.9. The van der Waals surface area contributed by atoms with Crippen molar-refractivity contribution in [3.63, 3.8) is 0 Å². The molecule has 0 radical (unpaired) electrons. The standard InChI is InChI=1S/C20H30N2O/c1-15-7-9-16(10-8-15)11-17-12-19(21)14-22(13-17)20(23)18-5-3-2-4-6-18/h7-10,17-19H,2-6,11-14,21H2,1H3. The number of nitrogens with zero attached hydrogens (tertiary/aromatic N) is 1. The summed E-state index contributed by atoms with van der Waals surface area (Å²) in [5, 5.41) is 0. The van der Waals surface area contributed by atoms with Crippen LogP contribution in [0.4, 0.5) is 0 Å². The van der Waals surface area contributed by atoms with E-state index in [9.17, 15) is 4.79 Å². The molecule has 1 amide bonds. The van der Waals surface area contributed by atoms with E-state index >= 15 is 0 Å². The Balaban J connectivity index is 1.61. The monoisotopic (exact) mass is 314 g/mol. The highest BCUT2D eigenvalue weighted by atomic mass is 16.2. The summed E-state index contributed by atoms with van der Waals surface area (Å²) >= 11 is 0. The highest BCUT2D eigenvalue weighted by Gasteiger charge is 2.32. The van der Waals surface area contributed by atoms with Gasteiger partial charge in [0.05, 0.1) is 0 Å². The Morgan fingerprint density at radius 1 is 1.13 bits per heavy atom. The first kappa shape index (κ1) is 16.5. The number of piperidine rings is 1. The minimum atomic E-state index is 0.131. The number of hydrogen-bond donors (Lipinski definition) is 1. The Labute approximate surface area is 140 Å². The van der Waals surface area contributed by atoms with Gasteiger partial charge in [-0.1, -0.05) is 49.1 Å². The van der Waals surface area contributed by atoms with Gasteiger partial charge in [0.25, 0.3) is 0 Å². The van der Waals surface area contributed by atoms with Gasteiger partial charge in [0.1, 0.15) is 0 Å². The molecule has 1 aliphatic heterocycles. The van der Waals surface area contributed by atoms with Crippen LogP contribution >= 0.6 is 0 Å². The molecule has 1 heterocycles. The van der Waals surface area contributed by atoms with Crippen LogP contribution in [0.25, 0.3) is 0 Å². The Kier molecular flexibility index (Phi) is 5.37. The third-order valence-corrected chi connectivity index (χ3v) is 5.48. The fraction of sp³-hybridized carbons (Fsp3) is 0.650. The van der Waals surface area contributed by atoms with E-state index in [1.165, 1.54) is 30.4 Å². The van der Waals surface area contributed by atoms with Crippen LogP contribution in [0.2, 0.25) is 0 Å². The maximum atomic E-state index is 12.8. The third-order valence-electron chi connectivity index (χ3n) is 5.48. The van der Waals surface area contributed by atoms with E-state index in [-0.39, 0.29) is 12.0 Å². The Hall–Kier alpha value is -1.35. The Bertz CT molecular complexity index is 519. The average molecular weight is 314 g/mol. The minimum Gasteiger partial charge on any atom is -0.341 e. The number of nitrogens with two attached hydrogens (primary N) is 1. The third kappa shape index (κ3) is 4.35. The lowest BCUT2D eigenvalue weighted by molar-refractivity contribution is -0.138. The normalized spacial score (nSPS) is 26.3. The molecule has 3 heteroatoms. The van der Waals surface area contributed by atoms with Gasteiger partial charge >= 0.3 is 0 Å². The molecule has 2 atom stereocenters. The fourth-order valence-corrected chi connectivity index (χ4v) is 4.24. The van der Waals surface area contributed by atoms with Crippen molar-refractivity contribution in [3.8, 4) is 0 Å². The molecule has 0 aromatic heterocycles. The van der Waals surface area contributed by atoms with Gasteiger partial charge in [-0.2, -0.15) is 0 Å². The highest BCUT2D eigenvalue weighted by Crippen LogP contribution is 2.28. The van der Waals surface area contributed by atoms with E-state index in [1.54, 1.807) is 0 Å². The lowest BCUT2D eigenvalue weighted by atomic mass is 9.85. The van der Waals surface area contributed by atoms with Crippen molar-refractivity contribution in [3.05, 3.63) is 35.4 Å². The van der Waals surface area contributed by atoms with Crippen molar-refractivity contribution in [2.75, 3.05) is 13.1 Å². The van der Waals surface area contributed by atoms with Gasteiger partial charge in [0, 0.05) is 25.0 Å². The molecule has 2 fully saturated rings. The summed E-state index contributed by atoms with van der Waals surface area (Å²) in [6.45, 7) is 3.75.